The largest absolute Gasteiger partial charge is 0.496 e. The van der Waals surface area contributed by atoms with Gasteiger partial charge in [-0.2, -0.15) is 0 Å². The van der Waals surface area contributed by atoms with Gasteiger partial charge in [0, 0.05) is 13.2 Å². The van der Waals surface area contributed by atoms with E-state index in [0.29, 0.717) is 23.7 Å². The molecule has 1 rings (SSSR count). The summed E-state index contributed by atoms with van der Waals surface area (Å²) in [4.78, 5) is 12.0. The Morgan fingerprint density at radius 1 is 1.16 bits per heavy atom. The lowest BCUT2D eigenvalue weighted by atomic mass is 10.0. The van der Waals surface area contributed by atoms with E-state index in [0.717, 1.165) is 11.1 Å². The van der Waals surface area contributed by atoms with E-state index < -0.39 is 5.97 Å². The van der Waals surface area contributed by atoms with Gasteiger partial charge in [-0.05, 0) is 31.9 Å². The summed E-state index contributed by atoms with van der Waals surface area (Å²) < 4.78 is 20.6. The number of carbonyl (C=O) groups is 1. The Bertz CT molecular complexity index is 454. The molecule has 1 aromatic carbocycles. The third-order valence-corrected chi connectivity index (χ3v) is 2.85. The monoisotopic (exact) mass is 268 g/mol. The lowest BCUT2D eigenvalue weighted by molar-refractivity contribution is 0.0499. The van der Waals surface area contributed by atoms with E-state index in [1.54, 1.807) is 20.1 Å². The second kappa shape index (κ2) is 6.99. The molecule has 0 unspecified atom stereocenters. The normalized spacial score (nSPS) is 10.2. The fourth-order valence-corrected chi connectivity index (χ4v) is 1.75. The minimum absolute atomic E-state index is 0.141. The van der Waals surface area contributed by atoms with Gasteiger partial charge in [0.25, 0.3) is 0 Å². The van der Waals surface area contributed by atoms with Crippen molar-refractivity contribution >= 4 is 5.97 Å². The van der Waals surface area contributed by atoms with Crippen LogP contribution in [0.25, 0.3) is 0 Å². The van der Waals surface area contributed by atoms with Gasteiger partial charge >= 0.3 is 5.97 Å². The molecule has 0 radical (unpaired) electrons. The van der Waals surface area contributed by atoms with Gasteiger partial charge in [-0.1, -0.05) is 0 Å². The molecule has 0 N–H and O–H groups in total. The summed E-state index contributed by atoms with van der Waals surface area (Å²) in [7, 11) is 3.05. The fourth-order valence-electron chi connectivity index (χ4n) is 1.75. The van der Waals surface area contributed by atoms with Crippen LogP contribution < -0.4 is 9.47 Å². The average Bonchev–Trinajstić information content (AvgIpc) is 2.40. The molecule has 0 aliphatic rings. The van der Waals surface area contributed by atoms with E-state index in [1.165, 1.54) is 7.11 Å². The van der Waals surface area contributed by atoms with Gasteiger partial charge < -0.3 is 18.9 Å². The number of benzene rings is 1. The molecule has 5 nitrogen and oxygen atoms in total. The molecule has 1 aromatic rings. The predicted octanol–water partition coefficient (Wildman–Crippen LogP) is 2.47. The van der Waals surface area contributed by atoms with Crippen LogP contribution in [-0.2, 0) is 9.47 Å². The number of methoxy groups -OCH3 is 2. The molecule has 0 aliphatic heterocycles. The van der Waals surface area contributed by atoms with Gasteiger partial charge in [0.2, 0.25) is 0 Å². The highest BCUT2D eigenvalue weighted by Gasteiger charge is 2.21. The first-order chi connectivity index (χ1) is 9.06. The van der Waals surface area contributed by atoms with Crippen LogP contribution in [-0.4, -0.2) is 33.6 Å². The highest BCUT2D eigenvalue weighted by atomic mass is 16.7. The number of carbonyl (C=O) groups excluding carboxylic acids is 1. The molecule has 0 heterocycles. The standard InChI is InChI=1S/C14H20O5/c1-6-18-14(15)13-10(3)9(2)11(19-8-16-4)7-12(13)17-5/h7H,6,8H2,1-5H3. The van der Waals surface area contributed by atoms with Gasteiger partial charge in [-0.25, -0.2) is 4.79 Å². The summed E-state index contributed by atoms with van der Waals surface area (Å²) in [5.74, 6) is 0.676. The molecule has 106 valence electrons. The summed E-state index contributed by atoms with van der Waals surface area (Å²) >= 11 is 0. The minimum Gasteiger partial charge on any atom is -0.496 e. The van der Waals surface area contributed by atoms with Gasteiger partial charge in [-0.15, -0.1) is 0 Å². The van der Waals surface area contributed by atoms with Crippen LogP contribution in [0.2, 0.25) is 0 Å². The second-order valence-electron chi connectivity index (χ2n) is 3.97. The first-order valence-corrected chi connectivity index (χ1v) is 6.03. The SMILES string of the molecule is CCOC(=O)c1c(OC)cc(OCOC)c(C)c1C. The number of rotatable bonds is 6. The molecule has 5 heteroatoms. The second-order valence-corrected chi connectivity index (χ2v) is 3.97. The van der Waals surface area contributed by atoms with Crippen molar-refractivity contribution in [1.82, 2.24) is 0 Å². The van der Waals surface area contributed by atoms with Gasteiger partial charge in [0.1, 0.15) is 17.1 Å². The van der Waals surface area contributed by atoms with Gasteiger partial charge in [-0.3, -0.25) is 0 Å². The van der Waals surface area contributed by atoms with Crippen molar-refractivity contribution in [2.45, 2.75) is 20.8 Å². The number of ether oxygens (including phenoxy) is 4. The van der Waals surface area contributed by atoms with E-state index in [-0.39, 0.29) is 6.79 Å². The van der Waals surface area contributed by atoms with Crippen molar-refractivity contribution in [3.05, 3.63) is 22.8 Å². The Morgan fingerprint density at radius 3 is 2.37 bits per heavy atom. The molecule has 0 bridgehead atoms. The molecule has 0 aliphatic carbocycles. The summed E-state index contributed by atoms with van der Waals surface area (Å²) in [5, 5.41) is 0. The van der Waals surface area contributed by atoms with E-state index in [1.807, 2.05) is 13.8 Å². The average molecular weight is 268 g/mol. The van der Waals surface area contributed by atoms with Crippen molar-refractivity contribution in [3.63, 3.8) is 0 Å². The Balaban J connectivity index is 3.25. The van der Waals surface area contributed by atoms with Crippen LogP contribution in [0.5, 0.6) is 11.5 Å². The van der Waals surface area contributed by atoms with E-state index in [9.17, 15) is 4.79 Å². The first-order valence-electron chi connectivity index (χ1n) is 6.03. The molecule has 0 saturated heterocycles. The molecule has 0 amide bonds. The van der Waals surface area contributed by atoms with E-state index in [4.69, 9.17) is 18.9 Å². The summed E-state index contributed by atoms with van der Waals surface area (Å²) in [6.07, 6.45) is 0. The number of hydrogen-bond acceptors (Lipinski definition) is 5. The fraction of sp³-hybridized carbons (Fsp3) is 0.500. The van der Waals surface area contributed by atoms with Crippen molar-refractivity contribution in [2.75, 3.05) is 27.6 Å². The van der Waals surface area contributed by atoms with Crippen LogP contribution in [0.1, 0.15) is 28.4 Å². The quantitative estimate of drug-likeness (QED) is 0.586. The topological polar surface area (TPSA) is 54.0 Å². The van der Waals surface area contributed by atoms with Gasteiger partial charge in [0.05, 0.1) is 13.7 Å². The molecule has 0 spiro atoms. The van der Waals surface area contributed by atoms with E-state index in [2.05, 4.69) is 0 Å². The smallest absolute Gasteiger partial charge is 0.342 e. The molecule has 0 saturated carbocycles. The zero-order valence-corrected chi connectivity index (χ0v) is 12.0. The number of esters is 1. The van der Waals surface area contributed by atoms with Crippen LogP contribution in [0, 0.1) is 13.8 Å². The molecule has 0 aromatic heterocycles. The Hall–Kier alpha value is -1.75. The summed E-state index contributed by atoms with van der Waals surface area (Å²) in [6, 6.07) is 1.67. The lowest BCUT2D eigenvalue weighted by Crippen LogP contribution is -2.11. The zero-order valence-electron chi connectivity index (χ0n) is 12.0. The maximum atomic E-state index is 12.0. The molecular weight excluding hydrogens is 248 g/mol. The summed E-state index contributed by atoms with van der Waals surface area (Å²) in [6.45, 7) is 5.94. The van der Waals surface area contributed by atoms with Crippen LogP contribution in [0.4, 0.5) is 0 Å². The Morgan fingerprint density at radius 2 is 1.84 bits per heavy atom. The first kappa shape index (κ1) is 15.3. The van der Waals surface area contributed by atoms with Crippen molar-refractivity contribution in [3.8, 4) is 11.5 Å². The third-order valence-electron chi connectivity index (χ3n) is 2.85. The molecule has 0 fully saturated rings. The van der Waals surface area contributed by atoms with Crippen molar-refractivity contribution in [1.29, 1.82) is 0 Å². The van der Waals surface area contributed by atoms with E-state index >= 15 is 0 Å². The summed E-state index contributed by atoms with van der Waals surface area (Å²) in [5.41, 5.74) is 2.08. The van der Waals surface area contributed by atoms with Crippen LogP contribution in [0.3, 0.4) is 0 Å². The lowest BCUT2D eigenvalue weighted by Gasteiger charge is -2.16. The zero-order chi connectivity index (χ0) is 14.4. The van der Waals surface area contributed by atoms with Gasteiger partial charge in [0.15, 0.2) is 6.79 Å². The molecular formula is C14H20O5. The maximum absolute atomic E-state index is 12.0. The Labute approximate surface area is 113 Å². The van der Waals surface area contributed by atoms with Crippen LogP contribution >= 0.6 is 0 Å². The predicted molar refractivity (Wildman–Crippen MR) is 70.9 cm³/mol. The molecule has 0 atom stereocenters. The third kappa shape index (κ3) is 3.38. The maximum Gasteiger partial charge on any atom is 0.342 e. The Kier molecular flexibility index (Phi) is 5.63. The molecule has 19 heavy (non-hydrogen) atoms. The van der Waals surface area contributed by atoms with Crippen LogP contribution in [0.15, 0.2) is 6.07 Å². The van der Waals surface area contributed by atoms with Crippen molar-refractivity contribution < 1.29 is 23.7 Å². The number of hydrogen-bond donors (Lipinski definition) is 0. The minimum atomic E-state index is -0.391. The highest BCUT2D eigenvalue weighted by molar-refractivity contribution is 5.95. The van der Waals surface area contributed by atoms with Crippen molar-refractivity contribution in [2.24, 2.45) is 0 Å². The highest BCUT2D eigenvalue weighted by Crippen LogP contribution is 2.33.